The number of nitrogens with zero attached hydrogens (tertiary/aromatic N) is 2. The molecule has 2 aromatic carbocycles. The van der Waals surface area contributed by atoms with Crippen molar-refractivity contribution in [3.05, 3.63) is 81.6 Å². The van der Waals surface area contributed by atoms with Crippen LogP contribution in [0.15, 0.2) is 48.5 Å². The lowest BCUT2D eigenvalue weighted by Crippen LogP contribution is -2.23. The predicted molar refractivity (Wildman–Crippen MR) is 128 cm³/mol. The molecule has 0 aliphatic carbocycles. The molecule has 1 amide bonds. The quantitative estimate of drug-likeness (QED) is 0.481. The van der Waals surface area contributed by atoms with Crippen molar-refractivity contribution in [3.8, 4) is 11.5 Å². The highest BCUT2D eigenvalue weighted by Gasteiger charge is 2.11. The minimum Gasteiger partial charge on any atom is -0.493 e. The molecule has 0 radical (unpaired) electrons. The third-order valence-corrected chi connectivity index (χ3v) is 5.65. The van der Waals surface area contributed by atoms with E-state index in [0.29, 0.717) is 36.0 Å². The third-order valence-electron chi connectivity index (χ3n) is 5.28. The van der Waals surface area contributed by atoms with E-state index in [2.05, 4.69) is 10.4 Å². The molecule has 0 unspecified atom stereocenters. The largest absolute Gasteiger partial charge is 0.493 e. The number of amides is 1. The van der Waals surface area contributed by atoms with E-state index in [9.17, 15) is 4.79 Å². The van der Waals surface area contributed by atoms with Crippen molar-refractivity contribution < 1.29 is 14.3 Å². The number of benzene rings is 2. The number of halogens is 1. The van der Waals surface area contributed by atoms with Gasteiger partial charge < -0.3 is 14.8 Å². The van der Waals surface area contributed by atoms with Gasteiger partial charge in [-0.1, -0.05) is 35.9 Å². The number of methoxy groups -OCH3 is 2. The summed E-state index contributed by atoms with van der Waals surface area (Å²) < 4.78 is 12.5. The Balaban J connectivity index is 1.58. The Labute approximate surface area is 193 Å². The van der Waals surface area contributed by atoms with Crippen molar-refractivity contribution in [3.63, 3.8) is 0 Å². The average molecular weight is 454 g/mol. The van der Waals surface area contributed by atoms with Gasteiger partial charge in [-0.2, -0.15) is 5.10 Å². The van der Waals surface area contributed by atoms with Crippen LogP contribution in [0.3, 0.4) is 0 Å². The first-order valence-electron chi connectivity index (χ1n) is 10.4. The van der Waals surface area contributed by atoms with E-state index < -0.39 is 0 Å². The molecule has 3 rings (SSSR count). The van der Waals surface area contributed by atoms with Crippen LogP contribution >= 0.6 is 11.6 Å². The monoisotopic (exact) mass is 453 g/mol. The topological polar surface area (TPSA) is 65.4 Å². The molecule has 0 aliphatic rings. The molecule has 0 atom stereocenters. The Morgan fingerprint density at radius 3 is 2.59 bits per heavy atom. The number of nitrogens with one attached hydrogen (secondary N) is 1. The number of hydrogen-bond donors (Lipinski definition) is 1. The number of rotatable bonds is 9. The molecule has 6 nitrogen and oxygen atoms in total. The minimum absolute atomic E-state index is 0.150. The van der Waals surface area contributed by atoms with Gasteiger partial charge in [0.1, 0.15) is 0 Å². The zero-order valence-corrected chi connectivity index (χ0v) is 19.6. The summed E-state index contributed by atoms with van der Waals surface area (Å²) in [5, 5.41) is 8.24. The zero-order valence-electron chi connectivity index (χ0n) is 18.8. The van der Waals surface area contributed by atoms with E-state index in [1.807, 2.05) is 67.1 Å². The Morgan fingerprint density at radius 2 is 1.88 bits per heavy atom. The third kappa shape index (κ3) is 5.71. The smallest absolute Gasteiger partial charge is 0.244 e. The summed E-state index contributed by atoms with van der Waals surface area (Å²) in [6.45, 7) is 5.02. The summed E-state index contributed by atoms with van der Waals surface area (Å²) in [5.41, 5.74) is 4.84. The number of carbonyl (C=O) groups excluding carboxylic acids is 1. The molecule has 7 heteroatoms. The number of aryl methyl sites for hydroxylation is 1. The molecule has 168 valence electrons. The number of ether oxygens (including phenoxy) is 2. The molecule has 1 N–H and O–H groups in total. The van der Waals surface area contributed by atoms with Gasteiger partial charge >= 0.3 is 0 Å². The molecule has 0 saturated heterocycles. The molecule has 32 heavy (non-hydrogen) atoms. The SMILES string of the molecule is COc1ccc(CCNC(=O)/C=C/c2c(C)nn(Cc3ccccc3Cl)c2C)cc1OC. The molecular weight excluding hydrogens is 426 g/mol. The highest BCUT2D eigenvalue weighted by Crippen LogP contribution is 2.27. The van der Waals surface area contributed by atoms with Gasteiger partial charge in [0.15, 0.2) is 11.5 Å². The van der Waals surface area contributed by atoms with Gasteiger partial charge in [-0.25, -0.2) is 0 Å². The molecule has 0 spiro atoms. The maximum Gasteiger partial charge on any atom is 0.244 e. The van der Waals surface area contributed by atoms with Crippen molar-refractivity contribution >= 4 is 23.6 Å². The molecule has 0 fully saturated rings. The number of carbonyl (C=O) groups is 1. The van der Waals surface area contributed by atoms with Crippen LogP contribution in [0.5, 0.6) is 11.5 Å². The molecule has 3 aromatic rings. The summed E-state index contributed by atoms with van der Waals surface area (Å²) >= 11 is 6.28. The Morgan fingerprint density at radius 1 is 1.12 bits per heavy atom. The minimum atomic E-state index is -0.150. The summed E-state index contributed by atoms with van der Waals surface area (Å²) in [7, 11) is 3.21. The van der Waals surface area contributed by atoms with Crippen LogP contribution < -0.4 is 14.8 Å². The summed E-state index contributed by atoms with van der Waals surface area (Å²) in [6, 6.07) is 13.5. The fourth-order valence-electron chi connectivity index (χ4n) is 3.48. The fraction of sp³-hybridized carbons (Fsp3) is 0.280. The maximum atomic E-state index is 12.3. The van der Waals surface area contributed by atoms with Gasteiger partial charge in [-0.15, -0.1) is 0 Å². The van der Waals surface area contributed by atoms with Gasteiger partial charge in [0, 0.05) is 28.9 Å². The van der Waals surface area contributed by atoms with Gasteiger partial charge in [0.2, 0.25) is 5.91 Å². The second kappa shape index (κ2) is 10.9. The highest BCUT2D eigenvalue weighted by atomic mass is 35.5. The van der Waals surface area contributed by atoms with Crippen LogP contribution in [0.4, 0.5) is 0 Å². The zero-order chi connectivity index (χ0) is 23.1. The maximum absolute atomic E-state index is 12.3. The van der Waals surface area contributed by atoms with Crippen LogP contribution in [0.25, 0.3) is 6.08 Å². The predicted octanol–water partition coefficient (Wildman–Crippen LogP) is 4.59. The van der Waals surface area contributed by atoms with Gasteiger partial charge in [-0.05, 0) is 55.7 Å². The van der Waals surface area contributed by atoms with Crippen molar-refractivity contribution in [1.29, 1.82) is 0 Å². The Hall–Kier alpha value is -3.25. The number of hydrogen-bond acceptors (Lipinski definition) is 4. The first-order valence-corrected chi connectivity index (χ1v) is 10.7. The van der Waals surface area contributed by atoms with Gasteiger partial charge in [-0.3, -0.25) is 9.48 Å². The second-order valence-electron chi connectivity index (χ2n) is 7.40. The first kappa shape index (κ1) is 23.4. The van der Waals surface area contributed by atoms with Crippen LogP contribution in [0, 0.1) is 13.8 Å². The second-order valence-corrected chi connectivity index (χ2v) is 7.80. The highest BCUT2D eigenvalue weighted by molar-refractivity contribution is 6.31. The standard InChI is InChI=1S/C25H28ClN3O3/c1-17-21(18(2)29(28-17)16-20-7-5-6-8-22(20)26)10-12-25(30)27-14-13-19-9-11-23(31-3)24(15-19)32-4/h5-12,15H,13-14,16H2,1-4H3,(H,27,30)/b12-10+. The van der Waals surface area contributed by atoms with E-state index in [1.165, 1.54) is 0 Å². The van der Waals surface area contributed by atoms with E-state index in [4.69, 9.17) is 21.1 Å². The summed E-state index contributed by atoms with van der Waals surface area (Å²) in [5.74, 6) is 1.21. The van der Waals surface area contributed by atoms with Crippen molar-refractivity contribution in [2.75, 3.05) is 20.8 Å². The molecular formula is C25H28ClN3O3. The molecule has 0 saturated carbocycles. The van der Waals surface area contributed by atoms with Gasteiger partial charge in [0.05, 0.1) is 26.5 Å². The first-order chi connectivity index (χ1) is 15.4. The van der Waals surface area contributed by atoms with E-state index >= 15 is 0 Å². The lowest BCUT2D eigenvalue weighted by atomic mass is 10.1. The van der Waals surface area contributed by atoms with Gasteiger partial charge in [0.25, 0.3) is 0 Å². The molecule has 0 bridgehead atoms. The lowest BCUT2D eigenvalue weighted by molar-refractivity contribution is -0.116. The lowest BCUT2D eigenvalue weighted by Gasteiger charge is -2.09. The number of aromatic nitrogens is 2. The van der Waals surface area contributed by atoms with Crippen LogP contribution in [-0.2, 0) is 17.8 Å². The Bertz CT molecular complexity index is 1120. The summed E-state index contributed by atoms with van der Waals surface area (Å²) in [6.07, 6.45) is 4.05. The van der Waals surface area contributed by atoms with Crippen LogP contribution in [0.2, 0.25) is 5.02 Å². The van der Waals surface area contributed by atoms with Crippen molar-refractivity contribution in [1.82, 2.24) is 15.1 Å². The molecule has 1 heterocycles. The fourth-order valence-corrected chi connectivity index (χ4v) is 3.67. The normalized spacial score (nSPS) is 11.0. The van der Waals surface area contributed by atoms with Crippen molar-refractivity contribution in [2.45, 2.75) is 26.8 Å². The summed E-state index contributed by atoms with van der Waals surface area (Å²) in [4.78, 5) is 12.3. The average Bonchev–Trinajstić information content (AvgIpc) is 3.06. The van der Waals surface area contributed by atoms with Crippen LogP contribution in [0.1, 0.15) is 28.1 Å². The molecule has 0 aliphatic heterocycles. The van der Waals surface area contributed by atoms with E-state index in [-0.39, 0.29) is 5.91 Å². The van der Waals surface area contributed by atoms with Crippen LogP contribution in [-0.4, -0.2) is 36.5 Å². The molecule has 1 aromatic heterocycles. The Kier molecular flexibility index (Phi) is 7.95. The van der Waals surface area contributed by atoms with Crippen molar-refractivity contribution in [2.24, 2.45) is 0 Å². The van der Waals surface area contributed by atoms with E-state index in [0.717, 1.165) is 28.1 Å². The van der Waals surface area contributed by atoms with E-state index in [1.54, 1.807) is 20.3 Å².